The van der Waals surface area contributed by atoms with Crippen LogP contribution in [0.5, 0.6) is 0 Å². The SMILES string of the molecule is CCCNCc1sc(N(CC)CC)nc1CC. The molecular formula is C13H25N3S. The number of aryl methyl sites for hydroxylation is 1. The summed E-state index contributed by atoms with van der Waals surface area (Å²) in [5.74, 6) is 0. The Bertz CT molecular complexity index is 318. The molecule has 0 aliphatic carbocycles. The maximum absolute atomic E-state index is 4.75. The van der Waals surface area contributed by atoms with Crippen LogP contribution < -0.4 is 10.2 Å². The molecule has 98 valence electrons. The van der Waals surface area contributed by atoms with Gasteiger partial charge >= 0.3 is 0 Å². The molecule has 0 aromatic carbocycles. The zero-order valence-corrected chi connectivity index (χ0v) is 12.4. The van der Waals surface area contributed by atoms with Gasteiger partial charge in [-0.3, -0.25) is 0 Å². The van der Waals surface area contributed by atoms with E-state index in [1.54, 1.807) is 0 Å². The van der Waals surface area contributed by atoms with Gasteiger partial charge in [-0.15, -0.1) is 11.3 Å². The lowest BCUT2D eigenvalue weighted by Gasteiger charge is -2.16. The molecule has 1 rings (SSSR count). The summed E-state index contributed by atoms with van der Waals surface area (Å²) < 4.78 is 0. The van der Waals surface area contributed by atoms with Crippen molar-refractivity contribution in [2.75, 3.05) is 24.5 Å². The summed E-state index contributed by atoms with van der Waals surface area (Å²) in [4.78, 5) is 8.49. The summed E-state index contributed by atoms with van der Waals surface area (Å²) >= 11 is 1.84. The average Bonchev–Trinajstić information content (AvgIpc) is 2.74. The van der Waals surface area contributed by atoms with Crippen LogP contribution in [0.25, 0.3) is 0 Å². The minimum atomic E-state index is 0.968. The summed E-state index contributed by atoms with van der Waals surface area (Å²) in [6.07, 6.45) is 2.21. The predicted molar refractivity (Wildman–Crippen MR) is 77.1 cm³/mol. The van der Waals surface area contributed by atoms with E-state index in [1.807, 2.05) is 11.3 Å². The third-order valence-electron chi connectivity index (χ3n) is 2.85. The molecule has 0 amide bonds. The van der Waals surface area contributed by atoms with Crippen molar-refractivity contribution in [3.05, 3.63) is 10.6 Å². The van der Waals surface area contributed by atoms with Crippen molar-refractivity contribution >= 4 is 16.5 Å². The van der Waals surface area contributed by atoms with Gasteiger partial charge in [-0.05, 0) is 33.2 Å². The first-order chi connectivity index (χ1) is 8.26. The number of anilines is 1. The quantitative estimate of drug-likeness (QED) is 0.724. The smallest absolute Gasteiger partial charge is 0.185 e. The van der Waals surface area contributed by atoms with Crippen molar-refractivity contribution in [1.29, 1.82) is 0 Å². The van der Waals surface area contributed by atoms with Gasteiger partial charge in [0.1, 0.15) is 0 Å². The molecule has 1 aromatic rings. The number of thiazole rings is 1. The molecule has 1 aromatic heterocycles. The predicted octanol–water partition coefficient (Wildman–Crippen LogP) is 3.05. The van der Waals surface area contributed by atoms with E-state index in [4.69, 9.17) is 4.98 Å². The number of hydrogen-bond acceptors (Lipinski definition) is 4. The summed E-state index contributed by atoms with van der Waals surface area (Å²) in [5, 5.41) is 4.65. The highest BCUT2D eigenvalue weighted by atomic mass is 32.1. The number of rotatable bonds is 8. The second-order valence-corrected chi connectivity index (χ2v) is 5.13. The molecule has 3 nitrogen and oxygen atoms in total. The van der Waals surface area contributed by atoms with Crippen LogP contribution in [-0.2, 0) is 13.0 Å². The van der Waals surface area contributed by atoms with Crippen LogP contribution in [0.1, 0.15) is 44.7 Å². The Labute approximate surface area is 109 Å². The van der Waals surface area contributed by atoms with Crippen LogP contribution >= 0.6 is 11.3 Å². The number of nitrogens with zero attached hydrogens (tertiary/aromatic N) is 2. The van der Waals surface area contributed by atoms with E-state index in [2.05, 4.69) is 37.9 Å². The van der Waals surface area contributed by atoms with Crippen LogP contribution in [0.15, 0.2) is 0 Å². The molecule has 17 heavy (non-hydrogen) atoms. The van der Waals surface area contributed by atoms with Crippen LogP contribution in [0.4, 0.5) is 5.13 Å². The van der Waals surface area contributed by atoms with Gasteiger partial charge in [-0.2, -0.15) is 0 Å². The minimum Gasteiger partial charge on any atom is -0.349 e. The van der Waals surface area contributed by atoms with Crippen LogP contribution in [0.2, 0.25) is 0 Å². The van der Waals surface area contributed by atoms with E-state index in [0.717, 1.165) is 32.6 Å². The summed E-state index contributed by atoms with van der Waals surface area (Å²) in [6.45, 7) is 12.9. The maximum atomic E-state index is 4.75. The second-order valence-electron chi connectivity index (χ2n) is 4.07. The van der Waals surface area contributed by atoms with E-state index >= 15 is 0 Å². The van der Waals surface area contributed by atoms with Crippen molar-refractivity contribution in [1.82, 2.24) is 10.3 Å². The fourth-order valence-electron chi connectivity index (χ4n) is 1.79. The van der Waals surface area contributed by atoms with Gasteiger partial charge < -0.3 is 10.2 Å². The Morgan fingerprint density at radius 1 is 1.18 bits per heavy atom. The zero-order valence-electron chi connectivity index (χ0n) is 11.5. The Morgan fingerprint density at radius 3 is 2.41 bits per heavy atom. The molecule has 0 bridgehead atoms. The Balaban J connectivity index is 2.75. The highest BCUT2D eigenvalue weighted by Gasteiger charge is 2.12. The van der Waals surface area contributed by atoms with Crippen molar-refractivity contribution in [3.63, 3.8) is 0 Å². The molecule has 0 spiro atoms. The topological polar surface area (TPSA) is 28.2 Å². The molecule has 0 saturated heterocycles. The third-order valence-corrected chi connectivity index (χ3v) is 4.01. The second kappa shape index (κ2) is 7.67. The fourth-order valence-corrected chi connectivity index (χ4v) is 3.04. The minimum absolute atomic E-state index is 0.968. The number of aromatic nitrogens is 1. The monoisotopic (exact) mass is 255 g/mol. The molecule has 0 unspecified atom stereocenters. The van der Waals surface area contributed by atoms with Gasteiger partial charge in [0.05, 0.1) is 5.69 Å². The highest BCUT2D eigenvalue weighted by Crippen LogP contribution is 2.26. The largest absolute Gasteiger partial charge is 0.349 e. The van der Waals surface area contributed by atoms with E-state index in [-0.39, 0.29) is 0 Å². The number of hydrogen-bond donors (Lipinski definition) is 1. The lowest BCUT2D eigenvalue weighted by molar-refractivity contribution is 0.676. The molecule has 0 aliphatic rings. The summed E-state index contributed by atoms with van der Waals surface area (Å²) in [5.41, 5.74) is 1.26. The molecule has 0 fully saturated rings. The molecular weight excluding hydrogens is 230 g/mol. The molecule has 0 saturated carbocycles. The van der Waals surface area contributed by atoms with Gasteiger partial charge in [0.2, 0.25) is 0 Å². The molecule has 1 heterocycles. The lowest BCUT2D eigenvalue weighted by Crippen LogP contribution is -2.21. The highest BCUT2D eigenvalue weighted by molar-refractivity contribution is 7.15. The van der Waals surface area contributed by atoms with Crippen LogP contribution in [0.3, 0.4) is 0 Å². The standard InChI is InChI=1S/C13H25N3S/c1-5-9-14-10-12-11(6-2)15-13(17-12)16(7-3)8-4/h14H,5-10H2,1-4H3. The summed E-state index contributed by atoms with van der Waals surface area (Å²) in [7, 11) is 0. The average molecular weight is 255 g/mol. The van der Waals surface area contributed by atoms with E-state index in [0.29, 0.717) is 0 Å². The molecule has 0 atom stereocenters. The maximum Gasteiger partial charge on any atom is 0.185 e. The fraction of sp³-hybridized carbons (Fsp3) is 0.769. The van der Waals surface area contributed by atoms with E-state index < -0.39 is 0 Å². The van der Waals surface area contributed by atoms with Gasteiger partial charge in [-0.1, -0.05) is 13.8 Å². The normalized spacial score (nSPS) is 10.8. The van der Waals surface area contributed by atoms with Crippen LogP contribution in [0, 0.1) is 0 Å². The Hall–Kier alpha value is -0.610. The van der Waals surface area contributed by atoms with Gasteiger partial charge in [0.15, 0.2) is 5.13 Å². The number of nitrogens with one attached hydrogen (secondary N) is 1. The molecule has 0 radical (unpaired) electrons. The zero-order chi connectivity index (χ0) is 12.7. The van der Waals surface area contributed by atoms with Crippen molar-refractivity contribution < 1.29 is 0 Å². The van der Waals surface area contributed by atoms with Crippen LogP contribution in [-0.4, -0.2) is 24.6 Å². The molecule has 4 heteroatoms. The van der Waals surface area contributed by atoms with Crippen molar-refractivity contribution in [3.8, 4) is 0 Å². The lowest BCUT2D eigenvalue weighted by atomic mass is 10.3. The van der Waals surface area contributed by atoms with Gasteiger partial charge in [-0.25, -0.2) is 4.98 Å². The van der Waals surface area contributed by atoms with Crippen molar-refractivity contribution in [2.45, 2.75) is 47.1 Å². The summed E-state index contributed by atoms with van der Waals surface area (Å²) in [6, 6.07) is 0. The van der Waals surface area contributed by atoms with Gasteiger partial charge in [0.25, 0.3) is 0 Å². The van der Waals surface area contributed by atoms with Crippen molar-refractivity contribution in [2.24, 2.45) is 0 Å². The first kappa shape index (κ1) is 14.5. The molecule has 0 aliphatic heterocycles. The third kappa shape index (κ3) is 3.96. The molecule has 1 N–H and O–H groups in total. The first-order valence-corrected chi connectivity index (χ1v) is 7.52. The Morgan fingerprint density at radius 2 is 1.88 bits per heavy atom. The Kier molecular flexibility index (Phi) is 6.52. The van der Waals surface area contributed by atoms with E-state index in [1.165, 1.54) is 22.1 Å². The van der Waals surface area contributed by atoms with E-state index in [9.17, 15) is 0 Å². The van der Waals surface area contributed by atoms with Gasteiger partial charge in [0, 0.05) is 24.5 Å². The first-order valence-electron chi connectivity index (χ1n) is 6.70.